The Morgan fingerprint density at radius 1 is 1.69 bits per heavy atom. The van der Waals surface area contributed by atoms with Crippen molar-refractivity contribution in [1.29, 1.82) is 5.41 Å². The van der Waals surface area contributed by atoms with Gasteiger partial charge in [-0.15, -0.1) is 0 Å². The number of thiocarbonyl (C=S) groups is 1. The minimum Gasteiger partial charge on any atom is -0.387 e. The van der Waals surface area contributed by atoms with Crippen molar-refractivity contribution >= 4 is 28.9 Å². The summed E-state index contributed by atoms with van der Waals surface area (Å²) in [5, 5.41) is 19.2. The molecular formula is C9H18N4O2S. The summed E-state index contributed by atoms with van der Waals surface area (Å²) in [6, 6.07) is -0.439. The van der Waals surface area contributed by atoms with E-state index in [4.69, 9.17) is 16.2 Å². The number of likely N-dealkylation sites (N-methyl/N-ethyl adjacent to an activating group) is 1. The van der Waals surface area contributed by atoms with Gasteiger partial charge in [-0.25, -0.2) is 0 Å². The maximum Gasteiger partial charge on any atom is 0.248 e. The minimum absolute atomic E-state index is 0.124. The Hall–Kier alpha value is -1.21. The molecule has 0 rings (SSSR count). The van der Waals surface area contributed by atoms with Crippen molar-refractivity contribution in [3.05, 3.63) is 0 Å². The number of rotatable bonds is 6. The van der Waals surface area contributed by atoms with Gasteiger partial charge in [0.25, 0.3) is 0 Å². The lowest BCUT2D eigenvalue weighted by molar-refractivity contribution is -0.134. The van der Waals surface area contributed by atoms with Crippen molar-refractivity contribution in [1.82, 2.24) is 10.2 Å². The summed E-state index contributed by atoms with van der Waals surface area (Å²) in [5.74, 6) is -0.413. The van der Waals surface area contributed by atoms with Crippen LogP contribution in [0, 0.1) is 5.41 Å². The van der Waals surface area contributed by atoms with E-state index in [0.29, 0.717) is 12.3 Å². The van der Waals surface area contributed by atoms with E-state index < -0.39 is 18.6 Å². The Balaban J connectivity index is 4.66. The highest BCUT2D eigenvalue weighted by Gasteiger charge is 2.23. The molecule has 1 unspecified atom stereocenters. The van der Waals surface area contributed by atoms with Gasteiger partial charge in [-0.1, -0.05) is 0 Å². The molecule has 0 aromatic heterocycles. The largest absolute Gasteiger partial charge is 0.387 e. The fourth-order valence-corrected chi connectivity index (χ4v) is 1.44. The number of amides is 1. The fourth-order valence-electron chi connectivity index (χ4n) is 1.36. The van der Waals surface area contributed by atoms with Crippen LogP contribution >= 0.6 is 12.2 Å². The van der Waals surface area contributed by atoms with Gasteiger partial charge in [0.05, 0.1) is 6.04 Å². The third-order valence-corrected chi connectivity index (χ3v) is 2.29. The molecule has 5 N–H and O–H groups in total. The first-order valence-electron chi connectivity index (χ1n) is 4.92. The zero-order chi connectivity index (χ0) is 12.7. The molecule has 0 aliphatic carbocycles. The van der Waals surface area contributed by atoms with Crippen LogP contribution in [0.4, 0.5) is 0 Å². The van der Waals surface area contributed by atoms with E-state index in [1.807, 2.05) is 0 Å². The average Bonchev–Trinajstić information content (AvgIpc) is 2.22. The molecule has 1 atom stereocenters. The molecule has 0 fully saturated rings. The smallest absolute Gasteiger partial charge is 0.248 e. The summed E-state index contributed by atoms with van der Waals surface area (Å²) >= 11 is 4.66. The van der Waals surface area contributed by atoms with Crippen molar-refractivity contribution in [3.8, 4) is 0 Å². The number of carbonyl (C=O) groups is 1. The van der Waals surface area contributed by atoms with Gasteiger partial charge in [0.2, 0.25) is 5.91 Å². The molecule has 0 aromatic rings. The predicted octanol–water partition coefficient (Wildman–Crippen LogP) is -0.931. The van der Waals surface area contributed by atoms with Crippen LogP contribution in [0.5, 0.6) is 0 Å². The predicted molar refractivity (Wildman–Crippen MR) is 66.4 cm³/mol. The van der Waals surface area contributed by atoms with Crippen LogP contribution in [0.1, 0.15) is 13.8 Å². The van der Waals surface area contributed by atoms with Crippen LogP contribution < -0.4 is 11.1 Å². The second-order valence-electron chi connectivity index (χ2n) is 3.28. The van der Waals surface area contributed by atoms with Gasteiger partial charge in [0.1, 0.15) is 6.61 Å². The van der Waals surface area contributed by atoms with Gasteiger partial charge < -0.3 is 26.5 Å². The lowest BCUT2D eigenvalue weighted by Gasteiger charge is -2.30. The average molecular weight is 246 g/mol. The zero-order valence-electron chi connectivity index (χ0n) is 9.49. The van der Waals surface area contributed by atoms with Crippen LogP contribution in [-0.2, 0) is 4.79 Å². The van der Waals surface area contributed by atoms with Crippen molar-refractivity contribution < 1.29 is 9.90 Å². The Morgan fingerprint density at radius 2 is 2.25 bits per heavy atom. The van der Waals surface area contributed by atoms with E-state index >= 15 is 0 Å². The van der Waals surface area contributed by atoms with E-state index in [-0.39, 0.29) is 11.7 Å². The van der Waals surface area contributed by atoms with Crippen LogP contribution in [0.15, 0.2) is 0 Å². The second kappa shape index (κ2) is 7.13. The Morgan fingerprint density at radius 3 is 2.56 bits per heavy atom. The number of aliphatic hydroxyl groups excluding tert-OH is 1. The van der Waals surface area contributed by atoms with Gasteiger partial charge in [-0.3, -0.25) is 4.79 Å². The van der Waals surface area contributed by atoms with E-state index in [1.165, 1.54) is 4.90 Å². The summed E-state index contributed by atoms with van der Waals surface area (Å²) in [6.45, 7) is 3.51. The van der Waals surface area contributed by atoms with Crippen LogP contribution in [0.25, 0.3) is 0 Å². The van der Waals surface area contributed by atoms with E-state index in [2.05, 4.69) is 17.5 Å². The monoisotopic (exact) mass is 246 g/mol. The number of hydrogen-bond acceptors (Lipinski definition) is 4. The number of aliphatic hydroxyl groups is 1. The molecule has 7 heteroatoms. The topological polar surface area (TPSA) is 102 Å². The van der Waals surface area contributed by atoms with Crippen LogP contribution in [0.2, 0.25) is 0 Å². The molecule has 16 heavy (non-hydrogen) atoms. The SMILES string of the molecule is CCN(C(=O)CO)C(CNC(N)=S)C(C)=N. The molecule has 0 bridgehead atoms. The minimum atomic E-state index is -0.565. The number of nitrogens with two attached hydrogens (primary N) is 1. The van der Waals surface area contributed by atoms with Crippen molar-refractivity contribution in [2.45, 2.75) is 19.9 Å². The highest BCUT2D eigenvalue weighted by molar-refractivity contribution is 7.80. The molecule has 0 spiro atoms. The normalized spacial score (nSPS) is 11.7. The molecule has 0 saturated carbocycles. The molecule has 0 aliphatic heterocycles. The summed E-state index contributed by atoms with van der Waals surface area (Å²) in [5.41, 5.74) is 5.60. The molecule has 0 saturated heterocycles. The first kappa shape index (κ1) is 14.8. The Kier molecular flexibility index (Phi) is 6.59. The molecule has 1 amide bonds. The third-order valence-electron chi connectivity index (χ3n) is 2.14. The maximum absolute atomic E-state index is 11.4. The van der Waals surface area contributed by atoms with E-state index in [1.54, 1.807) is 13.8 Å². The zero-order valence-corrected chi connectivity index (χ0v) is 10.3. The standard InChI is InChI=1S/C9H18N4O2S/c1-3-13(8(15)5-14)7(6(2)10)4-12-9(11)16/h7,10,14H,3-5H2,1-2H3,(H3,11,12,16). The van der Waals surface area contributed by atoms with Crippen LogP contribution in [0.3, 0.4) is 0 Å². The summed E-state index contributed by atoms with van der Waals surface area (Å²) in [6.07, 6.45) is 0. The highest BCUT2D eigenvalue weighted by Crippen LogP contribution is 2.01. The third kappa shape index (κ3) is 4.54. The lowest BCUT2D eigenvalue weighted by Crippen LogP contribution is -2.51. The molecule has 6 nitrogen and oxygen atoms in total. The quantitative estimate of drug-likeness (QED) is 0.358. The van der Waals surface area contributed by atoms with Gasteiger partial charge in [0, 0.05) is 18.8 Å². The van der Waals surface area contributed by atoms with Gasteiger partial charge in [-0.2, -0.15) is 0 Å². The number of nitrogens with one attached hydrogen (secondary N) is 2. The molecule has 0 aliphatic rings. The fraction of sp³-hybridized carbons (Fsp3) is 0.667. The van der Waals surface area contributed by atoms with Crippen molar-refractivity contribution in [2.75, 3.05) is 19.7 Å². The van der Waals surface area contributed by atoms with Gasteiger partial charge in [0.15, 0.2) is 5.11 Å². The Labute approximate surface area is 100 Å². The second-order valence-corrected chi connectivity index (χ2v) is 3.72. The van der Waals surface area contributed by atoms with Crippen LogP contribution in [-0.4, -0.2) is 52.5 Å². The first-order chi connectivity index (χ1) is 7.43. The van der Waals surface area contributed by atoms with Crippen molar-refractivity contribution in [3.63, 3.8) is 0 Å². The first-order valence-corrected chi connectivity index (χ1v) is 5.33. The van der Waals surface area contributed by atoms with Gasteiger partial charge >= 0.3 is 0 Å². The van der Waals surface area contributed by atoms with E-state index in [0.717, 1.165) is 0 Å². The lowest BCUT2D eigenvalue weighted by atomic mass is 10.1. The number of nitrogens with zero attached hydrogens (tertiary/aromatic N) is 1. The summed E-state index contributed by atoms with van der Waals surface area (Å²) in [4.78, 5) is 12.8. The number of hydrogen-bond donors (Lipinski definition) is 4. The van der Waals surface area contributed by atoms with Crippen molar-refractivity contribution in [2.24, 2.45) is 5.73 Å². The summed E-state index contributed by atoms with van der Waals surface area (Å²) in [7, 11) is 0. The molecule has 0 heterocycles. The molecule has 0 aromatic carbocycles. The number of carbonyl (C=O) groups excluding carboxylic acids is 1. The molecule has 92 valence electrons. The van der Waals surface area contributed by atoms with E-state index in [9.17, 15) is 4.79 Å². The van der Waals surface area contributed by atoms with Gasteiger partial charge in [-0.05, 0) is 26.1 Å². The summed E-state index contributed by atoms with van der Waals surface area (Å²) < 4.78 is 0. The maximum atomic E-state index is 11.4. The Bertz CT molecular complexity index is 283. The molecule has 0 radical (unpaired) electrons. The molecular weight excluding hydrogens is 228 g/mol. The highest BCUT2D eigenvalue weighted by atomic mass is 32.1.